The molecule has 6 rings (SSSR count). The molecule has 1 aliphatic carbocycles. The van der Waals surface area contributed by atoms with E-state index in [0.29, 0.717) is 23.3 Å². The first kappa shape index (κ1) is 26.5. The largest absolute Gasteiger partial charge is 0.489 e. The zero-order valence-electron chi connectivity index (χ0n) is 23.1. The number of nitriles is 1. The first-order valence-corrected chi connectivity index (χ1v) is 14.0. The van der Waals surface area contributed by atoms with Crippen LogP contribution in [0.2, 0.25) is 0 Å². The Labute approximate surface area is 239 Å². The molecule has 9 nitrogen and oxygen atoms in total. The molecule has 208 valence electrons. The van der Waals surface area contributed by atoms with Crippen LogP contribution >= 0.6 is 0 Å². The van der Waals surface area contributed by atoms with Crippen molar-refractivity contribution in [1.82, 2.24) is 20.2 Å². The average molecular weight is 548 g/mol. The number of anilines is 2. The van der Waals surface area contributed by atoms with Crippen LogP contribution in [-0.4, -0.2) is 54.0 Å². The van der Waals surface area contributed by atoms with E-state index in [1.165, 1.54) is 5.56 Å². The smallest absolute Gasteiger partial charge is 0.251 e. The van der Waals surface area contributed by atoms with Crippen molar-refractivity contribution in [3.05, 3.63) is 88.5 Å². The highest BCUT2D eigenvalue weighted by Gasteiger charge is 2.24. The van der Waals surface area contributed by atoms with Crippen molar-refractivity contribution >= 4 is 28.6 Å². The van der Waals surface area contributed by atoms with Gasteiger partial charge in [-0.15, -0.1) is 0 Å². The minimum atomic E-state index is -0.146. The van der Waals surface area contributed by atoms with E-state index in [2.05, 4.69) is 44.3 Å². The van der Waals surface area contributed by atoms with Gasteiger partial charge in [-0.3, -0.25) is 4.79 Å². The molecule has 1 fully saturated rings. The van der Waals surface area contributed by atoms with Crippen LogP contribution in [-0.2, 0) is 13.0 Å². The number of nitrogens with zero attached hydrogens (tertiary/aromatic N) is 5. The molecule has 41 heavy (non-hydrogen) atoms. The highest BCUT2D eigenvalue weighted by molar-refractivity contribution is 6.00. The minimum Gasteiger partial charge on any atom is -0.489 e. The molecule has 0 bridgehead atoms. The Hall–Kier alpha value is -4.68. The van der Waals surface area contributed by atoms with Gasteiger partial charge in [-0.25, -0.2) is 4.98 Å². The number of piperazine rings is 1. The maximum absolute atomic E-state index is 13.5. The molecule has 0 saturated carbocycles. The van der Waals surface area contributed by atoms with Crippen LogP contribution < -0.4 is 20.7 Å². The summed E-state index contributed by atoms with van der Waals surface area (Å²) in [6.07, 6.45) is 2.83. The van der Waals surface area contributed by atoms with E-state index in [9.17, 15) is 4.79 Å². The van der Waals surface area contributed by atoms with Gasteiger partial charge in [0, 0.05) is 37.1 Å². The Kier molecular flexibility index (Phi) is 7.40. The standard InChI is InChI=1S/C32H33N7O2/c1-38-13-15-39(16-14-38)30-26-12-10-24(17-29(26)36-32(34)37-30)31(40)35-28-4-2-3-23-9-11-25(18-27(23)28)41-20-22-7-5-21(19-33)6-8-22/h5-12,17-18,28H,2-4,13-16,20H2,1H3,(H,35,40)(H2,34,36,37). The van der Waals surface area contributed by atoms with Crippen LogP contribution in [0.3, 0.4) is 0 Å². The highest BCUT2D eigenvalue weighted by Crippen LogP contribution is 2.33. The van der Waals surface area contributed by atoms with Gasteiger partial charge in [-0.05, 0) is 85.5 Å². The minimum absolute atomic E-state index is 0.114. The summed E-state index contributed by atoms with van der Waals surface area (Å²) in [6.45, 7) is 4.04. The predicted octanol–water partition coefficient (Wildman–Crippen LogP) is 4.22. The van der Waals surface area contributed by atoms with E-state index >= 15 is 0 Å². The Morgan fingerprint density at radius 1 is 1.07 bits per heavy atom. The van der Waals surface area contributed by atoms with E-state index in [1.807, 2.05) is 42.5 Å². The number of likely N-dealkylation sites (N-methyl/N-ethyl adjacent to an activating group) is 1. The summed E-state index contributed by atoms with van der Waals surface area (Å²) >= 11 is 0. The summed E-state index contributed by atoms with van der Waals surface area (Å²) in [5.41, 5.74) is 11.2. The molecule has 1 aliphatic heterocycles. The second kappa shape index (κ2) is 11.4. The number of nitrogen functional groups attached to an aromatic ring is 1. The molecule has 2 heterocycles. The monoisotopic (exact) mass is 547 g/mol. The fourth-order valence-electron chi connectivity index (χ4n) is 5.63. The van der Waals surface area contributed by atoms with Gasteiger partial charge in [-0.2, -0.15) is 10.2 Å². The topological polar surface area (TPSA) is 120 Å². The third-order valence-electron chi connectivity index (χ3n) is 7.98. The summed E-state index contributed by atoms with van der Waals surface area (Å²) in [5.74, 6) is 1.64. The van der Waals surface area contributed by atoms with Gasteiger partial charge < -0.3 is 25.6 Å². The summed E-state index contributed by atoms with van der Waals surface area (Å²) in [6, 6.07) is 21.1. The van der Waals surface area contributed by atoms with E-state index in [-0.39, 0.29) is 17.9 Å². The number of nitrogens with two attached hydrogens (primary N) is 1. The fraction of sp³-hybridized carbons (Fsp3) is 0.312. The molecule has 4 aromatic rings. The lowest BCUT2D eigenvalue weighted by atomic mass is 9.87. The van der Waals surface area contributed by atoms with Gasteiger partial charge in [0.2, 0.25) is 5.95 Å². The SMILES string of the molecule is CN1CCN(c2nc(N)nc3cc(C(=O)NC4CCCc5ccc(OCc6ccc(C#N)cc6)cc54)ccc23)CC1. The molecule has 1 unspecified atom stereocenters. The molecule has 1 amide bonds. The van der Waals surface area contributed by atoms with Crippen molar-refractivity contribution in [2.75, 3.05) is 43.9 Å². The van der Waals surface area contributed by atoms with Crippen LogP contribution in [0.25, 0.3) is 10.9 Å². The number of rotatable bonds is 6. The number of benzene rings is 3. The number of hydrogen-bond donors (Lipinski definition) is 2. The van der Waals surface area contributed by atoms with Gasteiger partial charge in [0.25, 0.3) is 5.91 Å². The molecule has 1 aromatic heterocycles. The predicted molar refractivity (Wildman–Crippen MR) is 159 cm³/mol. The van der Waals surface area contributed by atoms with Crippen LogP contribution in [0.5, 0.6) is 5.75 Å². The summed E-state index contributed by atoms with van der Waals surface area (Å²) in [4.78, 5) is 27.0. The molecule has 1 atom stereocenters. The third-order valence-corrected chi connectivity index (χ3v) is 7.98. The second-order valence-electron chi connectivity index (χ2n) is 10.8. The fourth-order valence-corrected chi connectivity index (χ4v) is 5.63. The lowest BCUT2D eigenvalue weighted by Gasteiger charge is -2.33. The van der Waals surface area contributed by atoms with Crippen LogP contribution in [0, 0.1) is 11.3 Å². The number of nitrogens with one attached hydrogen (secondary N) is 1. The van der Waals surface area contributed by atoms with Crippen molar-refractivity contribution in [3.63, 3.8) is 0 Å². The second-order valence-corrected chi connectivity index (χ2v) is 10.8. The third kappa shape index (κ3) is 5.79. The number of carbonyl (C=O) groups is 1. The first-order chi connectivity index (χ1) is 20.0. The van der Waals surface area contributed by atoms with E-state index in [1.54, 1.807) is 12.1 Å². The van der Waals surface area contributed by atoms with Crippen LogP contribution in [0.1, 0.15) is 51.5 Å². The Morgan fingerprint density at radius 3 is 2.66 bits per heavy atom. The average Bonchev–Trinajstić information content (AvgIpc) is 3.00. The Morgan fingerprint density at radius 2 is 1.88 bits per heavy atom. The van der Waals surface area contributed by atoms with Crippen molar-refractivity contribution in [3.8, 4) is 11.8 Å². The molecular formula is C32H33N7O2. The van der Waals surface area contributed by atoms with Crippen LogP contribution in [0.15, 0.2) is 60.7 Å². The number of amides is 1. The van der Waals surface area contributed by atoms with Crippen molar-refractivity contribution in [2.24, 2.45) is 0 Å². The number of aryl methyl sites for hydroxylation is 1. The summed E-state index contributed by atoms with van der Waals surface area (Å²) in [5, 5.41) is 13.2. The molecule has 9 heteroatoms. The van der Waals surface area contributed by atoms with Crippen molar-refractivity contribution in [1.29, 1.82) is 5.26 Å². The van der Waals surface area contributed by atoms with Crippen LogP contribution in [0.4, 0.5) is 11.8 Å². The van der Waals surface area contributed by atoms with Gasteiger partial charge in [0.15, 0.2) is 0 Å². The van der Waals surface area contributed by atoms with Gasteiger partial charge in [0.1, 0.15) is 18.2 Å². The highest BCUT2D eigenvalue weighted by atomic mass is 16.5. The van der Waals surface area contributed by atoms with E-state index in [0.717, 1.165) is 73.5 Å². The molecule has 3 N–H and O–H groups in total. The first-order valence-electron chi connectivity index (χ1n) is 14.0. The lowest BCUT2D eigenvalue weighted by molar-refractivity contribution is 0.0932. The maximum Gasteiger partial charge on any atom is 0.251 e. The number of ether oxygens (including phenoxy) is 1. The Bertz CT molecular complexity index is 1620. The van der Waals surface area contributed by atoms with E-state index in [4.69, 9.17) is 15.7 Å². The van der Waals surface area contributed by atoms with Gasteiger partial charge in [0.05, 0.1) is 23.2 Å². The van der Waals surface area contributed by atoms with Crippen molar-refractivity contribution < 1.29 is 9.53 Å². The molecule has 1 saturated heterocycles. The van der Waals surface area contributed by atoms with Gasteiger partial charge >= 0.3 is 0 Å². The number of aromatic nitrogens is 2. The molecule has 3 aromatic carbocycles. The summed E-state index contributed by atoms with van der Waals surface area (Å²) < 4.78 is 6.07. The van der Waals surface area contributed by atoms with Crippen molar-refractivity contribution in [2.45, 2.75) is 31.9 Å². The molecular weight excluding hydrogens is 514 g/mol. The van der Waals surface area contributed by atoms with E-state index < -0.39 is 0 Å². The number of carbonyl (C=O) groups excluding carboxylic acids is 1. The maximum atomic E-state index is 13.5. The zero-order valence-corrected chi connectivity index (χ0v) is 23.1. The lowest BCUT2D eigenvalue weighted by Crippen LogP contribution is -2.45. The normalized spacial score (nSPS) is 17.1. The number of fused-ring (bicyclic) bond motifs is 2. The molecule has 0 radical (unpaired) electrons. The Balaban J connectivity index is 1.19. The quantitative estimate of drug-likeness (QED) is 0.368. The zero-order chi connectivity index (χ0) is 28.3. The molecule has 2 aliphatic rings. The molecule has 0 spiro atoms. The summed E-state index contributed by atoms with van der Waals surface area (Å²) in [7, 11) is 2.12. The van der Waals surface area contributed by atoms with Gasteiger partial charge in [-0.1, -0.05) is 18.2 Å². The number of hydrogen-bond acceptors (Lipinski definition) is 8.